The standard InChI is InChI=1S/C25H34N2O4/c1-17(2)27-23-9-5-4-8-18(23)14-22(24(27)29)25(30)31-21-15-19-10-11-20(16-21)26(19)12-6-3-7-13-28/h4-5,8-9,14,17,19-21,28H,3,6-7,10-13,15-16H2,1-2H3. The van der Waals surface area contributed by atoms with Gasteiger partial charge in [-0.3, -0.25) is 9.69 Å². The summed E-state index contributed by atoms with van der Waals surface area (Å²) in [6.07, 6.45) is 6.87. The quantitative estimate of drug-likeness (QED) is 0.512. The predicted molar refractivity (Wildman–Crippen MR) is 121 cm³/mol. The van der Waals surface area contributed by atoms with Gasteiger partial charge in [-0.05, 0) is 70.0 Å². The van der Waals surface area contributed by atoms with Crippen LogP contribution in [0.4, 0.5) is 0 Å². The number of para-hydroxylation sites is 1. The number of aromatic nitrogens is 1. The third-order valence-corrected chi connectivity index (χ3v) is 6.87. The van der Waals surface area contributed by atoms with Gasteiger partial charge in [-0.25, -0.2) is 4.79 Å². The second-order valence-electron chi connectivity index (χ2n) is 9.29. The Morgan fingerprint density at radius 1 is 1.13 bits per heavy atom. The summed E-state index contributed by atoms with van der Waals surface area (Å²) in [7, 11) is 0. The molecule has 1 aromatic heterocycles. The van der Waals surface area contributed by atoms with Crippen molar-refractivity contribution in [2.45, 2.75) is 83.0 Å². The lowest BCUT2D eigenvalue weighted by Crippen LogP contribution is -2.46. The van der Waals surface area contributed by atoms with Crippen LogP contribution >= 0.6 is 0 Å². The number of esters is 1. The highest BCUT2D eigenvalue weighted by Crippen LogP contribution is 2.37. The molecule has 2 atom stereocenters. The number of pyridine rings is 1. The van der Waals surface area contributed by atoms with E-state index in [4.69, 9.17) is 9.84 Å². The Balaban J connectivity index is 1.47. The van der Waals surface area contributed by atoms with E-state index in [9.17, 15) is 9.59 Å². The van der Waals surface area contributed by atoms with Gasteiger partial charge in [0.1, 0.15) is 11.7 Å². The Hall–Kier alpha value is -2.18. The molecule has 6 nitrogen and oxygen atoms in total. The van der Waals surface area contributed by atoms with Gasteiger partial charge in [-0.15, -0.1) is 0 Å². The molecule has 2 aliphatic heterocycles. The van der Waals surface area contributed by atoms with E-state index in [0.29, 0.717) is 12.1 Å². The maximum atomic E-state index is 13.1. The summed E-state index contributed by atoms with van der Waals surface area (Å²) in [4.78, 5) is 28.7. The molecule has 2 bridgehead atoms. The number of hydrogen-bond donors (Lipinski definition) is 1. The topological polar surface area (TPSA) is 71.8 Å². The minimum absolute atomic E-state index is 0.0462. The first-order valence-corrected chi connectivity index (χ1v) is 11.7. The first-order chi connectivity index (χ1) is 15.0. The Labute approximate surface area is 183 Å². The predicted octanol–water partition coefficient (Wildman–Crippen LogP) is 3.90. The average molecular weight is 427 g/mol. The Kier molecular flexibility index (Phi) is 6.77. The molecule has 2 unspecified atom stereocenters. The minimum atomic E-state index is -0.494. The zero-order chi connectivity index (χ0) is 22.0. The van der Waals surface area contributed by atoms with E-state index in [1.54, 1.807) is 10.6 Å². The SMILES string of the molecule is CC(C)n1c(=O)c(C(=O)OC2CC3CCC(C2)N3CCCCCO)cc2ccccc21. The lowest BCUT2D eigenvalue weighted by atomic mass is 9.99. The molecule has 3 heterocycles. The van der Waals surface area contributed by atoms with E-state index >= 15 is 0 Å². The molecule has 0 aliphatic carbocycles. The van der Waals surface area contributed by atoms with Crippen LogP contribution < -0.4 is 5.56 Å². The van der Waals surface area contributed by atoms with Crippen molar-refractivity contribution in [3.63, 3.8) is 0 Å². The Bertz CT molecular complexity index is 969. The summed E-state index contributed by atoms with van der Waals surface area (Å²) in [6.45, 7) is 5.23. The molecule has 0 spiro atoms. The van der Waals surface area contributed by atoms with Gasteiger partial charge in [-0.2, -0.15) is 0 Å². The molecule has 2 aromatic rings. The molecule has 1 aromatic carbocycles. The van der Waals surface area contributed by atoms with Gasteiger partial charge in [0, 0.05) is 37.6 Å². The average Bonchev–Trinajstić information content (AvgIpc) is 2.98. The highest BCUT2D eigenvalue weighted by Gasteiger charge is 2.41. The second kappa shape index (κ2) is 9.53. The number of carbonyl (C=O) groups is 1. The summed E-state index contributed by atoms with van der Waals surface area (Å²) in [5.74, 6) is -0.494. The molecule has 2 fully saturated rings. The third-order valence-electron chi connectivity index (χ3n) is 6.87. The van der Waals surface area contributed by atoms with Gasteiger partial charge in [0.15, 0.2) is 0 Å². The number of aliphatic hydroxyl groups excluding tert-OH is 1. The summed E-state index contributed by atoms with van der Waals surface area (Å²) in [6, 6.07) is 10.2. The summed E-state index contributed by atoms with van der Waals surface area (Å²) < 4.78 is 7.59. The highest BCUT2D eigenvalue weighted by atomic mass is 16.5. The first-order valence-electron chi connectivity index (χ1n) is 11.7. The minimum Gasteiger partial charge on any atom is -0.459 e. The molecule has 0 radical (unpaired) electrons. The molecule has 6 heteroatoms. The van der Waals surface area contributed by atoms with Crippen LogP contribution in [0, 0.1) is 0 Å². The molecule has 1 N–H and O–H groups in total. The fourth-order valence-electron chi connectivity index (χ4n) is 5.43. The van der Waals surface area contributed by atoms with Gasteiger partial charge >= 0.3 is 5.97 Å². The van der Waals surface area contributed by atoms with Gasteiger partial charge in [0.05, 0.1) is 5.52 Å². The molecule has 2 aliphatic rings. The van der Waals surface area contributed by atoms with Crippen LogP contribution in [-0.4, -0.2) is 51.9 Å². The number of carbonyl (C=O) groups excluding carboxylic acids is 1. The number of benzene rings is 1. The number of unbranched alkanes of at least 4 members (excludes halogenated alkanes) is 2. The van der Waals surface area contributed by atoms with E-state index in [-0.39, 0.29) is 29.9 Å². The van der Waals surface area contributed by atoms with E-state index in [1.165, 1.54) is 0 Å². The largest absolute Gasteiger partial charge is 0.459 e. The van der Waals surface area contributed by atoms with E-state index in [0.717, 1.165) is 62.4 Å². The van der Waals surface area contributed by atoms with E-state index in [2.05, 4.69) is 4.90 Å². The zero-order valence-electron chi connectivity index (χ0n) is 18.6. The number of rotatable bonds is 8. The fraction of sp³-hybridized carbons (Fsp3) is 0.600. The molecule has 2 saturated heterocycles. The lowest BCUT2D eigenvalue weighted by Gasteiger charge is -2.38. The van der Waals surface area contributed by atoms with Crippen molar-refractivity contribution in [3.8, 4) is 0 Å². The van der Waals surface area contributed by atoms with E-state index in [1.807, 2.05) is 38.1 Å². The Morgan fingerprint density at radius 3 is 2.52 bits per heavy atom. The highest BCUT2D eigenvalue weighted by molar-refractivity contribution is 5.94. The van der Waals surface area contributed by atoms with Crippen molar-refractivity contribution in [2.24, 2.45) is 0 Å². The van der Waals surface area contributed by atoms with Crippen LogP contribution in [0.25, 0.3) is 10.9 Å². The van der Waals surface area contributed by atoms with E-state index < -0.39 is 5.97 Å². The van der Waals surface area contributed by atoms with Crippen molar-refractivity contribution in [3.05, 3.63) is 46.2 Å². The number of hydrogen-bond acceptors (Lipinski definition) is 5. The summed E-state index contributed by atoms with van der Waals surface area (Å²) in [5, 5.41) is 9.85. The molecule has 4 rings (SSSR count). The summed E-state index contributed by atoms with van der Waals surface area (Å²) >= 11 is 0. The maximum Gasteiger partial charge on any atom is 0.344 e. The molecule has 0 saturated carbocycles. The second-order valence-corrected chi connectivity index (χ2v) is 9.29. The summed E-state index contributed by atoms with van der Waals surface area (Å²) in [5.41, 5.74) is 0.695. The van der Waals surface area contributed by atoms with Gasteiger partial charge in [-0.1, -0.05) is 18.2 Å². The van der Waals surface area contributed by atoms with Crippen LogP contribution in [0.15, 0.2) is 35.1 Å². The fourth-order valence-corrected chi connectivity index (χ4v) is 5.43. The number of piperidine rings is 1. The molecule has 168 valence electrons. The normalized spacial score (nSPS) is 23.5. The monoisotopic (exact) mass is 426 g/mol. The van der Waals surface area contributed by atoms with Crippen molar-refractivity contribution >= 4 is 16.9 Å². The smallest absolute Gasteiger partial charge is 0.344 e. The van der Waals surface area contributed by atoms with Crippen LogP contribution in [0.5, 0.6) is 0 Å². The molecular weight excluding hydrogens is 392 g/mol. The van der Waals surface area contributed by atoms with Gasteiger partial charge in [0.2, 0.25) is 0 Å². The van der Waals surface area contributed by atoms with Crippen LogP contribution in [0.1, 0.15) is 75.2 Å². The van der Waals surface area contributed by atoms with Crippen molar-refractivity contribution in [1.82, 2.24) is 9.47 Å². The zero-order valence-corrected chi connectivity index (χ0v) is 18.6. The van der Waals surface area contributed by atoms with Crippen molar-refractivity contribution < 1.29 is 14.6 Å². The third kappa shape index (κ3) is 4.55. The number of ether oxygens (including phenoxy) is 1. The van der Waals surface area contributed by atoms with Crippen LogP contribution in [0.3, 0.4) is 0 Å². The van der Waals surface area contributed by atoms with Crippen molar-refractivity contribution in [1.29, 1.82) is 0 Å². The Morgan fingerprint density at radius 2 is 1.84 bits per heavy atom. The van der Waals surface area contributed by atoms with Crippen LogP contribution in [0.2, 0.25) is 0 Å². The lowest BCUT2D eigenvalue weighted by molar-refractivity contribution is -0.00653. The molecule has 0 amide bonds. The number of aliphatic hydroxyl groups is 1. The van der Waals surface area contributed by atoms with Crippen LogP contribution in [-0.2, 0) is 4.74 Å². The molecule has 31 heavy (non-hydrogen) atoms. The van der Waals surface area contributed by atoms with Crippen molar-refractivity contribution in [2.75, 3.05) is 13.2 Å². The van der Waals surface area contributed by atoms with Gasteiger partial charge < -0.3 is 14.4 Å². The first kappa shape index (κ1) is 22.0. The number of nitrogens with zero attached hydrogens (tertiary/aromatic N) is 2. The number of fused-ring (bicyclic) bond motifs is 3. The molecular formula is C25H34N2O4. The van der Waals surface area contributed by atoms with Gasteiger partial charge in [0.25, 0.3) is 5.56 Å². The maximum absolute atomic E-state index is 13.1.